The minimum absolute atomic E-state index is 0.210. The topological polar surface area (TPSA) is 67.9 Å². The van der Waals surface area contributed by atoms with Crippen molar-refractivity contribution >= 4 is 12.2 Å². The Bertz CT molecular complexity index is 818. The standard InChI is InChI=1S/C23H28N2O4/c1-23(2,3)29-21(26)24-19-14-15-25(20(19)18-12-8-5-9-13-18)22(27)28-16-17-10-6-4-7-11-17/h4-13,19-20H,14-16H2,1-3H3,(H,24,26). The Morgan fingerprint density at radius 3 is 2.28 bits per heavy atom. The van der Waals surface area contributed by atoms with Crippen LogP contribution >= 0.6 is 0 Å². The van der Waals surface area contributed by atoms with Crippen LogP contribution in [0.15, 0.2) is 60.7 Å². The second-order valence-corrected chi connectivity index (χ2v) is 8.13. The van der Waals surface area contributed by atoms with E-state index in [1.54, 1.807) is 4.90 Å². The Morgan fingerprint density at radius 2 is 1.66 bits per heavy atom. The summed E-state index contributed by atoms with van der Waals surface area (Å²) in [7, 11) is 0. The van der Waals surface area contributed by atoms with Crippen molar-refractivity contribution in [2.45, 2.75) is 51.5 Å². The molecular formula is C23H28N2O4. The van der Waals surface area contributed by atoms with Gasteiger partial charge in [-0.1, -0.05) is 60.7 Å². The van der Waals surface area contributed by atoms with Gasteiger partial charge in [0.1, 0.15) is 12.2 Å². The van der Waals surface area contributed by atoms with Gasteiger partial charge >= 0.3 is 12.2 Å². The lowest BCUT2D eigenvalue weighted by Crippen LogP contribution is -2.43. The van der Waals surface area contributed by atoms with Gasteiger partial charge in [-0.05, 0) is 38.3 Å². The molecule has 1 saturated heterocycles. The molecule has 2 aromatic carbocycles. The number of rotatable bonds is 4. The second kappa shape index (κ2) is 8.99. The number of nitrogens with zero attached hydrogens (tertiary/aromatic N) is 1. The zero-order valence-corrected chi connectivity index (χ0v) is 17.1. The molecule has 1 aliphatic heterocycles. The zero-order chi connectivity index (χ0) is 20.9. The number of amides is 2. The molecule has 0 aliphatic carbocycles. The van der Waals surface area contributed by atoms with E-state index in [-0.39, 0.29) is 18.7 Å². The Kier molecular flexibility index (Phi) is 6.42. The van der Waals surface area contributed by atoms with Gasteiger partial charge in [0.2, 0.25) is 0 Å². The molecule has 29 heavy (non-hydrogen) atoms. The molecule has 1 aliphatic rings. The molecular weight excluding hydrogens is 368 g/mol. The Balaban J connectivity index is 1.72. The lowest BCUT2D eigenvalue weighted by Gasteiger charge is -2.29. The van der Waals surface area contributed by atoms with Crippen molar-refractivity contribution in [2.75, 3.05) is 6.54 Å². The molecule has 2 unspecified atom stereocenters. The van der Waals surface area contributed by atoms with E-state index in [0.717, 1.165) is 11.1 Å². The third-order valence-electron chi connectivity index (χ3n) is 4.68. The third kappa shape index (κ3) is 5.73. The average Bonchev–Trinajstić information content (AvgIpc) is 3.09. The first-order valence-corrected chi connectivity index (χ1v) is 9.85. The van der Waals surface area contributed by atoms with Crippen LogP contribution < -0.4 is 5.32 Å². The van der Waals surface area contributed by atoms with Crippen LogP contribution in [0.3, 0.4) is 0 Å². The van der Waals surface area contributed by atoms with Crippen molar-refractivity contribution in [1.29, 1.82) is 0 Å². The Hall–Kier alpha value is -3.02. The van der Waals surface area contributed by atoms with Crippen LogP contribution in [0.4, 0.5) is 9.59 Å². The van der Waals surface area contributed by atoms with Crippen LogP contribution in [0, 0.1) is 0 Å². The molecule has 0 saturated carbocycles. The summed E-state index contributed by atoms with van der Waals surface area (Å²) in [6.07, 6.45) is -0.252. The van der Waals surface area contributed by atoms with Crippen molar-refractivity contribution in [2.24, 2.45) is 0 Å². The molecule has 6 nitrogen and oxygen atoms in total. The van der Waals surface area contributed by atoms with Gasteiger partial charge < -0.3 is 14.8 Å². The fourth-order valence-electron chi connectivity index (χ4n) is 3.47. The van der Waals surface area contributed by atoms with E-state index in [1.807, 2.05) is 81.4 Å². The second-order valence-electron chi connectivity index (χ2n) is 8.13. The minimum atomic E-state index is -0.584. The highest BCUT2D eigenvalue weighted by molar-refractivity contribution is 5.71. The maximum atomic E-state index is 12.8. The van der Waals surface area contributed by atoms with Gasteiger partial charge in [-0.2, -0.15) is 0 Å². The molecule has 0 bridgehead atoms. The predicted octanol–water partition coefficient (Wildman–Crippen LogP) is 4.66. The van der Waals surface area contributed by atoms with Crippen LogP contribution in [0.1, 0.15) is 44.4 Å². The number of hydrogen-bond donors (Lipinski definition) is 1. The summed E-state index contributed by atoms with van der Waals surface area (Å²) in [6, 6.07) is 18.7. The van der Waals surface area contributed by atoms with E-state index < -0.39 is 17.8 Å². The lowest BCUT2D eigenvalue weighted by molar-refractivity contribution is 0.0482. The summed E-state index contributed by atoms with van der Waals surface area (Å²) in [6.45, 7) is 6.17. The smallest absolute Gasteiger partial charge is 0.410 e. The fraction of sp³-hybridized carbons (Fsp3) is 0.391. The monoisotopic (exact) mass is 396 g/mol. The molecule has 3 rings (SSSR count). The third-order valence-corrected chi connectivity index (χ3v) is 4.68. The first kappa shape index (κ1) is 20.7. The molecule has 2 amide bonds. The van der Waals surface area contributed by atoms with Crippen molar-refractivity contribution in [3.05, 3.63) is 71.8 Å². The van der Waals surface area contributed by atoms with E-state index in [2.05, 4.69) is 5.32 Å². The molecule has 2 aromatic rings. The van der Waals surface area contributed by atoms with Gasteiger partial charge in [-0.3, -0.25) is 4.90 Å². The van der Waals surface area contributed by atoms with Gasteiger partial charge in [0.25, 0.3) is 0 Å². The first-order valence-electron chi connectivity index (χ1n) is 9.85. The number of benzene rings is 2. The number of likely N-dealkylation sites (tertiary alicyclic amines) is 1. The molecule has 1 heterocycles. The van der Waals surface area contributed by atoms with Crippen LogP contribution in [0.2, 0.25) is 0 Å². The lowest BCUT2D eigenvalue weighted by atomic mass is 10.0. The summed E-state index contributed by atoms with van der Waals surface area (Å²) in [4.78, 5) is 26.8. The van der Waals surface area contributed by atoms with Crippen LogP contribution in [0.5, 0.6) is 0 Å². The van der Waals surface area contributed by atoms with Crippen LogP contribution in [-0.2, 0) is 16.1 Å². The summed E-state index contributed by atoms with van der Waals surface area (Å²) in [5.41, 5.74) is 1.29. The molecule has 2 atom stereocenters. The number of alkyl carbamates (subject to hydrolysis) is 1. The summed E-state index contributed by atoms with van der Waals surface area (Å²) >= 11 is 0. The largest absolute Gasteiger partial charge is 0.445 e. The SMILES string of the molecule is CC(C)(C)OC(=O)NC1CCN(C(=O)OCc2ccccc2)C1c1ccccc1. The summed E-state index contributed by atoms with van der Waals surface area (Å²) in [5, 5.41) is 2.93. The number of carbonyl (C=O) groups is 2. The number of ether oxygens (including phenoxy) is 2. The average molecular weight is 396 g/mol. The molecule has 1 N–H and O–H groups in total. The highest BCUT2D eigenvalue weighted by Gasteiger charge is 2.40. The summed E-state index contributed by atoms with van der Waals surface area (Å²) < 4.78 is 10.9. The highest BCUT2D eigenvalue weighted by Crippen LogP contribution is 2.33. The number of hydrogen-bond acceptors (Lipinski definition) is 4. The van der Waals surface area contributed by atoms with Gasteiger partial charge in [-0.15, -0.1) is 0 Å². The van der Waals surface area contributed by atoms with Crippen LogP contribution in [-0.4, -0.2) is 35.3 Å². The Morgan fingerprint density at radius 1 is 1.03 bits per heavy atom. The van der Waals surface area contributed by atoms with Crippen molar-refractivity contribution in [3.8, 4) is 0 Å². The summed E-state index contributed by atoms with van der Waals surface area (Å²) in [5.74, 6) is 0. The molecule has 0 spiro atoms. The molecule has 0 aromatic heterocycles. The zero-order valence-electron chi connectivity index (χ0n) is 17.1. The quantitative estimate of drug-likeness (QED) is 0.816. The fourth-order valence-corrected chi connectivity index (χ4v) is 3.47. The van der Waals surface area contributed by atoms with Gasteiger partial charge in [0.15, 0.2) is 0 Å². The first-order chi connectivity index (χ1) is 13.8. The van der Waals surface area contributed by atoms with Crippen molar-refractivity contribution < 1.29 is 19.1 Å². The van der Waals surface area contributed by atoms with E-state index in [0.29, 0.717) is 13.0 Å². The number of carbonyl (C=O) groups excluding carboxylic acids is 2. The van der Waals surface area contributed by atoms with Gasteiger partial charge in [0.05, 0.1) is 12.1 Å². The number of nitrogens with one attached hydrogen (secondary N) is 1. The van der Waals surface area contributed by atoms with E-state index in [1.165, 1.54) is 0 Å². The van der Waals surface area contributed by atoms with Crippen molar-refractivity contribution in [3.63, 3.8) is 0 Å². The van der Waals surface area contributed by atoms with Gasteiger partial charge in [-0.25, -0.2) is 9.59 Å². The highest BCUT2D eigenvalue weighted by atomic mass is 16.6. The van der Waals surface area contributed by atoms with Crippen molar-refractivity contribution in [1.82, 2.24) is 10.2 Å². The van der Waals surface area contributed by atoms with Crippen LogP contribution in [0.25, 0.3) is 0 Å². The van der Waals surface area contributed by atoms with E-state index >= 15 is 0 Å². The maximum absolute atomic E-state index is 12.8. The Labute approximate surface area is 171 Å². The van der Waals surface area contributed by atoms with E-state index in [9.17, 15) is 9.59 Å². The molecule has 1 fully saturated rings. The molecule has 0 radical (unpaired) electrons. The van der Waals surface area contributed by atoms with Gasteiger partial charge in [0, 0.05) is 6.54 Å². The molecule has 6 heteroatoms. The molecule has 154 valence electrons. The maximum Gasteiger partial charge on any atom is 0.410 e. The van der Waals surface area contributed by atoms with E-state index in [4.69, 9.17) is 9.47 Å². The predicted molar refractivity (Wildman–Crippen MR) is 110 cm³/mol. The minimum Gasteiger partial charge on any atom is -0.445 e. The normalized spacial score (nSPS) is 18.9.